The maximum Gasteiger partial charge on any atom is 0.333 e. The maximum atomic E-state index is 14.9. The number of halogens is 3. The summed E-state index contributed by atoms with van der Waals surface area (Å²) in [6, 6.07) is 10.0. The molecule has 5 rings (SSSR count). The molecule has 7 nitrogen and oxygen atoms in total. The summed E-state index contributed by atoms with van der Waals surface area (Å²) in [5, 5.41) is 6.47. The van der Waals surface area contributed by atoms with Gasteiger partial charge in [0.1, 0.15) is 23.4 Å². The first kappa shape index (κ1) is 25.0. The molecule has 0 saturated carbocycles. The van der Waals surface area contributed by atoms with E-state index in [-0.39, 0.29) is 22.9 Å². The van der Waals surface area contributed by atoms with E-state index in [9.17, 15) is 18.0 Å². The minimum atomic E-state index is -2.83. The second kappa shape index (κ2) is 10.8. The van der Waals surface area contributed by atoms with E-state index in [1.54, 1.807) is 12.1 Å². The molecule has 2 aliphatic heterocycles. The van der Waals surface area contributed by atoms with Crippen molar-refractivity contribution < 1.29 is 22.7 Å². The number of piperidine rings is 1. The molecular formula is C27H28F3N5O2. The number of aliphatic imine (C=N–C) groups is 1. The zero-order valence-corrected chi connectivity index (χ0v) is 20.5. The molecule has 2 aromatic carbocycles. The van der Waals surface area contributed by atoms with Gasteiger partial charge in [0, 0.05) is 48.2 Å². The number of carbonyl (C=O) groups excluding carboxylic acids is 1. The minimum absolute atomic E-state index is 0.0865. The largest absolute Gasteiger partial charge is 0.490 e. The monoisotopic (exact) mass is 511 g/mol. The second-order valence-electron chi connectivity index (χ2n) is 9.41. The molecule has 0 aliphatic carbocycles. The molecule has 1 fully saturated rings. The summed E-state index contributed by atoms with van der Waals surface area (Å²) in [4.78, 5) is 20.0. The molecule has 0 unspecified atom stereocenters. The van der Waals surface area contributed by atoms with Crippen LogP contribution in [0.15, 0.2) is 53.8 Å². The number of likely N-dealkylation sites (tertiary alicyclic amines) is 1. The quantitative estimate of drug-likeness (QED) is 0.510. The molecule has 1 amide bonds. The van der Waals surface area contributed by atoms with E-state index in [2.05, 4.69) is 27.4 Å². The summed E-state index contributed by atoms with van der Waals surface area (Å²) in [5.74, 6) is -0.239. The number of alkyl halides is 2. The van der Waals surface area contributed by atoms with Crippen LogP contribution in [0.4, 0.5) is 18.9 Å². The van der Waals surface area contributed by atoms with Gasteiger partial charge in [-0.05, 0) is 74.7 Å². The molecule has 1 N–H and O–H groups in total. The zero-order valence-electron chi connectivity index (χ0n) is 20.5. The van der Waals surface area contributed by atoms with E-state index in [0.29, 0.717) is 40.9 Å². The molecule has 0 spiro atoms. The van der Waals surface area contributed by atoms with Gasteiger partial charge < -0.3 is 15.0 Å². The van der Waals surface area contributed by atoms with Crippen molar-refractivity contribution in [2.24, 2.45) is 4.99 Å². The highest BCUT2D eigenvalue weighted by atomic mass is 19.3. The number of fused-ring (bicyclic) bond motifs is 1. The van der Waals surface area contributed by atoms with Crippen LogP contribution in [0, 0.1) is 5.82 Å². The van der Waals surface area contributed by atoms with Gasteiger partial charge >= 0.3 is 6.55 Å². The Bertz CT molecular complexity index is 1300. The molecular weight excluding hydrogens is 483 g/mol. The van der Waals surface area contributed by atoms with Crippen LogP contribution in [0.25, 0.3) is 11.1 Å². The topological polar surface area (TPSA) is 71.8 Å². The molecule has 1 aromatic heterocycles. The summed E-state index contributed by atoms with van der Waals surface area (Å²) in [5.41, 5.74) is 2.18. The van der Waals surface area contributed by atoms with Crippen molar-refractivity contribution >= 4 is 17.3 Å². The fraction of sp³-hybridized carbons (Fsp3) is 0.370. The van der Waals surface area contributed by atoms with E-state index >= 15 is 0 Å². The normalized spacial score (nSPS) is 16.7. The Morgan fingerprint density at radius 3 is 2.59 bits per heavy atom. The number of hydrogen-bond donors (Lipinski definition) is 1. The molecule has 10 heteroatoms. The molecule has 3 heterocycles. The maximum absolute atomic E-state index is 14.9. The summed E-state index contributed by atoms with van der Waals surface area (Å²) in [6.45, 7) is -0.409. The summed E-state index contributed by atoms with van der Waals surface area (Å²) >= 11 is 0. The number of nitrogens with one attached hydrogen (secondary N) is 1. The molecule has 0 bridgehead atoms. The number of aryl methyl sites for hydroxylation is 1. The predicted octanol–water partition coefficient (Wildman–Crippen LogP) is 4.93. The number of amides is 1. The Kier molecular flexibility index (Phi) is 7.27. The second-order valence-corrected chi connectivity index (χ2v) is 9.41. The van der Waals surface area contributed by atoms with Crippen LogP contribution in [0.1, 0.15) is 36.9 Å². The number of anilines is 1. The Labute approximate surface area is 212 Å². The van der Waals surface area contributed by atoms with Gasteiger partial charge in [-0.15, -0.1) is 0 Å². The summed E-state index contributed by atoms with van der Waals surface area (Å²) < 4.78 is 47.4. The Balaban J connectivity index is 1.34. The van der Waals surface area contributed by atoms with E-state index < -0.39 is 18.3 Å². The average molecular weight is 512 g/mol. The van der Waals surface area contributed by atoms with Gasteiger partial charge in [-0.2, -0.15) is 13.9 Å². The van der Waals surface area contributed by atoms with Crippen LogP contribution in [0.2, 0.25) is 0 Å². The fourth-order valence-corrected chi connectivity index (χ4v) is 4.69. The highest BCUT2D eigenvalue weighted by Gasteiger charge is 2.24. The number of nitrogens with zero attached hydrogens (tertiary/aromatic N) is 4. The number of rotatable bonds is 6. The highest BCUT2D eigenvalue weighted by Crippen LogP contribution is 2.30. The molecule has 0 atom stereocenters. The fourth-order valence-electron chi connectivity index (χ4n) is 4.69. The first-order valence-corrected chi connectivity index (χ1v) is 12.3. The highest BCUT2D eigenvalue weighted by molar-refractivity contribution is 6.49. The lowest BCUT2D eigenvalue weighted by molar-refractivity contribution is -0.110. The van der Waals surface area contributed by atoms with Crippen molar-refractivity contribution in [3.05, 3.63) is 65.7 Å². The standard InChI is InChI=1S/C27H28F3N5O2/c1-34-11-8-21(9-12-34)37-20-6-4-19(5-7-20)33-26(36)25-23-14-22(18-15-32-35(16-18)27(29)30)24(28)13-17(23)3-2-10-31-25/h4-7,13-16,21,27H,2-3,8-12H2,1H3,(H,33,36). The van der Waals surface area contributed by atoms with Gasteiger partial charge in [0.25, 0.3) is 5.91 Å². The van der Waals surface area contributed by atoms with E-state index in [4.69, 9.17) is 4.74 Å². The minimum Gasteiger partial charge on any atom is -0.490 e. The van der Waals surface area contributed by atoms with Crippen LogP contribution in [0.5, 0.6) is 5.75 Å². The van der Waals surface area contributed by atoms with Gasteiger partial charge in [0.15, 0.2) is 0 Å². The van der Waals surface area contributed by atoms with Crippen molar-refractivity contribution in [2.75, 3.05) is 32.0 Å². The predicted molar refractivity (Wildman–Crippen MR) is 135 cm³/mol. The van der Waals surface area contributed by atoms with Crippen LogP contribution >= 0.6 is 0 Å². The first-order valence-electron chi connectivity index (χ1n) is 12.3. The Morgan fingerprint density at radius 1 is 1.14 bits per heavy atom. The van der Waals surface area contributed by atoms with E-state index in [1.165, 1.54) is 18.3 Å². The molecule has 3 aromatic rings. The van der Waals surface area contributed by atoms with Gasteiger partial charge in [0.2, 0.25) is 0 Å². The SMILES string of the molecule is CN1CCC(Oc2ccc(NC(=O)C3=NCCCc4cc(F)c(-c5cnn(C(F)F)c5)cc43)cc2)CC1. The summed E-state index contributed by atoms with van der Waals surface area (Å²) in [6.07, 6.45) is 5.59. The molecule has 1 saturated heterocycles. The molecule has 2 aliphatic rings. The van der Waals surface area contributed by atoms with Crippen LogP contribution < -0.4 is 10.1 Å². The van der Waals surface area contributed by atoms with Gasteiger partial charge in [-0.1, -0.05) is 0 Å². The smallest absolute Gasteiger partial charge is 0.333 e. The zero-order chi connectivity index (χ0) is 25.9. The third-order valence-corrected chi connectivity index (χ3v) is 6.73. The van der Waals surface area contributed by atoms with Crippen molar-refractivity contribution in [3.63, 3.8) is 0 Å². The van der Waals surface area contributed by atoms with Crippen molar-refractivity contribution in [1.29, 1.82) is 0 Å². The lowest BCUT2D eigenvalue weighted by atomic mass is 9.95. The van der Waals surface area contributed by atoms with E-state index in [0.717, 1.165) is 37.9 Å². The van der Waals surface area contributed by atoms with Gasteiger partial charge in [-0.3, -0.25) is 9.79 Å². The number of carbonyl (C=O) groups is 1. The average Bonchev–Trinajstić information content (AvgIpc) is 3.28. The molecule has 37 heavy (non-hydrogen) atoms. The first-order chi connectivity index (χ1) is 17.9. The number of benzene rings is 2. The van der Waals surface area contributed by atoms with E-state index in [1.807, 2.05) is 12.1 Å². The van der Waals surface area contributed by atoms with Crippen LogP contribution in [0.3, 0.4) is 0 Å². The lowest BCUT2D eigenvalue weighted by Crippen LogP contribution is -2.35. The third-order valence-electron chi connectivity index (χ3n) is 6.73. The number of ether oxygens (including phenoxy) is 1. The molecule has 0 radical (unpaired) electrons. The third kappa shape index (κ3) is 5.69. The van der Waals surface area contributed by atoms with Crippen molar-refractivity contribution in [1.82, 2.24) is 14.7 Å². The molecule has 194 valence electrons. The summed E-state index contributed by atoms with van der Waals surface area (Å²) in [7, 11) is 2.10. The Morgan fingerprint density at radius 2 is 1.89 bits per heavy atom. The van der Waals surface area contributed by atoms with Crippen molar-refractivity contribution in [2.45, 2.75) is 38.3 Å². The number of aromatic nitrogens is 2. The van der Waals surface area contributed by atoms with Gasteiger partial charge in [-0.25, -0.2) is 9.07 Å². The Hall–Kier alpha value is -3.66. The van der Waals surface area contributed by atoms with Crippen molar-refractivity contribution in [3.8, 4) is 16.9 Å². The van der Waals surface area contributed by atoms with Crippen LogP contribution in [-0.4, -0.2) is 59.1 Å². The lowest BCUT2D eigenvalue weighted by Gasteiger charge is -2.29. The number of hydrogen-bond acceptors (Lipinski definition) is 5. The van der Waals surface area contributed by atoms with Crippen LogP contribution in [-0.2, 0) is 11.2 Å². The van der Waals surface area contributed by atoms with Gasteiger partial charge in [0.05, 0.1) is 6.20 Å².